The molecule has 0 unspecified atom stereocenters. The minimum atomic E-state index is 0.746. The smallest absolute Gasteiger partial charge is 0.190 e. The van der Waals surface area contributed by atoms with E-state index in [1.807, 2.05) is 66.9 Å². The van der Waals surface area contributed by atoms with Crippen molar-refractivity contribution in [3.05, 3.63) is 94.9 Å². The van der Waals surface area contributed by atoms with Crippen molar-refractivity contribution >= 4 is 28.0 Å². The molecule has 0 aliphatic rings. The first kappa shape index (κ1) is 19.3. The van der Waals surface area contributed by atoms with Gasteiger partial charge < -0.3 is 13.7 Å². The van der Waals surface area contributed by atoms with Gasteiger partial charge in [-0.25, -0.2) is 4.99 Å². The summed E-state index contributed by atoms with van der Waals surface area (Å²) in [5.74, 6) is 1.63. The summed E-state index contributed by atoms with van der Waals surface area (Å²) in [6.45, 7) is 0.746. The van der Waals surface area contributed by atoms with Crippen LogP contribution in [0.15, 0.2) is 93.8 Å². The molecule has 0 bridgehead atoms. The summed E-state index contributed by atoms with van der Waals surface area (Å²) < 4.78 is 13.7. The summed E-state index contributed by atoms with van der Waals surface area (Å²) in [7, 11) is 1.66. The number of thiazole rings is 1. The lowest BCUT2D eigenvalue weighted by molar-refractivity contribution is 0.415. The van der Waals surface area contributed by atoms with Gasteiger partial charge in [-0.3, -0.25) is 4.98 Å². The highest BCUT2D eigenvalue weighted by atomic mass is 32.1. The molecule has 0 N–H and O–H groups in total. The first-order valence-corrected chi connectivity index (χ1v) is 10.9. The van der Waals surface area contributed by atoms with E-state index >= 15 is 0 Å². The average molecular weight is 428 g/mol. The Labute approximate surface area is 183 Å². The number of aromatic nitrogens is 2. The maximum atomic E-state index is 6.16. The minimum absolute atomic E-state index is 0.746. The standard InChI is InChI=1S/C25H21N3O2S/c1-29-21-10-6-9-20(16-21)27-25-28(14-12-19-8-4-5-13-26-19)22(17-31-25)24-15-18-7-2-3-11-23(18)30-24/h2-11,13,15-17H,12,14H2,1H3. The van der Waals surface area contributed by atoms with Gasteiger partial charge in [0.1, 0.15) is 11.3 Å². The van der Waals surface area contributed by atoms with Crippen LogP contribution in [0.5, 0.6) is 5.75 Å². The number of aryl methyl sites for hydroxylation is 1. The fraction of sp³-hybridized carbons (Fsp3) is 0.120. The maximum Gasteiger partial charge on any atom is 0.190 e. The molecule has 0 aliphatic heterocycles. The zero-order valence-electron chi connectivity index (χ0n) is 17.1. The molecule has 31 heavy (non-hydrogen) atoms. The summed E-state index contributed by atoms with van der Waals surface area (Å²) in [4.78, 5) is 10.3. The molecular formula is C25H21N3O2S. The van der Waals surface area contributed by atoms with E-state index in [-0.39, 0.29) is 0 Å². The van der Waals surface area contributed by atoms with Gasteiger partial charge in [-0.15, -0.1) is 11.3 Å². The van der Waals surface area contributed by atoms with Gasteiger partial charge in [-0.1, -0.05) is 30.3 Å². The predicted octanol–water partition coefficient (Wildman–Crippen LogP) is 5.84. The third kappa shape index (κ3) is 4.15. The molecule has 3 heterocycles. The number of nitrogens with zero attached hydrogens (tertiary/aromatic N) is 3. The zero-order valence-corrected chi connectivity index (χ0v) is 17.9. The highest BCUT2D eigenvalue weighted by Gasteiger charge is 2.13. The van der Waals surface area contributed by atoms with Gasteiger partial charge in [-0.05, 0) is 36.4 Å². The van der Waals surface area contributed by atoms with Crippen molar-refractivity contribution in [2.45, 2.75) is 13.0 Å². The van der Waals surface area contributed by atoms with Crippen LogP contribution in [0.1, 0.15) is 5.69 Å². The second kappa shape index (κ2) is 8.62. The van der Waals surface area contributed by atoms with Gasteiger partial charge in [0.05, 0.1) is 18.5 Å². The van der Waals surface area contributed by atoms with Crippen molar-refractivity contribution in [3.8, 4) is 17.2 Å². The van der Waals surface area contributed by atoms with Crippen LogP contribution < -0.4 is 9.54 Å². The van der Waals surface area contributed by atoms with Crippen LogP contribution in [0.3, 0.4) is 0 Å². The Kier molecular flexibility index (Phi) is 5.37. The number of ether oxygens (including phenoxy) is 1. The molecule has 5 rings (SSSR count). The fourth-order valence-electron chi connectivity index (χ4n) is 3.50. The van der Waals surface area contributed by atoms with Crippen LogP contribution in [0.25, 0.3) is 22.4 Å². The van der Waals surface area contributed by atoms with Crippen LogP contribution in [0, 0.1) is 0 Å². The van der Waals surface area contributed by atoms with Crippen molar-refractivity contribution in [2.75, 3.05) is 7.11 Å². The molecule has 0 fully saturated rings. The lowest BCUT2D eigenvalue weighted by Gasteiger charge is -2.07. The van der Waals surface area contributed by atoms with Crippen molar-refractivity contribution in [2.24, 2.45) is 4.99 Å². The van der Waals surface area contributed by atoms with E-state index in [9.17, 15) is 0 Å². The van der Waals surface area contributed by atoms with Gasteiger partial charge >= 0.3 is 0 Å². The van der Waals surface area contributed by atoms with Crippen LogP contribution in [-0.4, -0.2) is 16.7 Å². The molecule has 0 amide bonds. The number of hydrogen-bond donors (Lipinski definition) is 0. The molecule has 2 aromatic carbocycles. The Morgan fingerprint density at radius 1 is 1.03 bits per heavy atom. The monoisotopic (exact) mass is 427 g/mol. The number of hydrogen-bond acceptors (Lipinski definition) is 5. The van der Waals surface area contributed by atoms with E-state index in [4.69, 9.17) is 14.1 Å². The van der Waals surface area contributed by atoms with E-state index in [2.05, 4.69) is 27.1 Å². The van der Waals surface area contributed by atoms with E-state index in [1.165, 1.54) is 0 Å². The van der Waals surface area contributed by atoms with E-state index in [0.717, 1.165) is 57.3 Å². The predicted molar refractivity (Wildman–Crippen MR) is 124 cm³/mol. The highest BCUT2D eigenvalue weighted by molar-refractivity contribution is 7.07. The number of rotatable bonds is 6. The van der Waals surface area contributed by atoms with Crippen molar-refractivity contribution < 1.29 is 9.15 Å². The molecule has 0 radical (unpaired) electrons. The number of pyridine rings is 1. The molecule has 0 saturated heterocycles. The summed E-state index contributed by atoms with van der Waals surface area (Å²) in [5.41, 5.74) is 3.79. The number of furan rings is 1. The molecule has 0 aliphatic carbocycles. The normalized spacial score (nSPS) is 11.8. The van der Waals surface area contributed by atoms with Gasteiger partial charge in [0, 0.05) is 41.7 Å². The van der Waals surface area contributed by atoms with Crippen LogP contribution in [0.2, 0.25) is 0 Å². The first-order valence-electron chi connectivity index (χ1n) is 10.1. The molecular weight excluding hydrogens is 406 g/mol. The average Bonchev–Trinajstić information content (AvgIpc) is 3.42. The summed E-state index contributed by atoms with van der Waals surface area (Å²) in [6.07, 6.45) is 2.63. The quantitative estimate of drug-likeness (QED) is 0.342. The Morgan fingerprint density at radius 2 is 1.94 bits per heavy atom. The molecule has 154 valence electrons. The van der Waals surface area contributed by atoms with Crippen LogP contribution >= 0.6 is 11.3 Å². The summed E-state index contributed by atoms with van der Waals surface area (Å²) >= 11 is 1.60. The molecule has 5 aromatic rings. The van der Waals surface area contributed by atoms with E-state index in [1.54, 1.807) is 18.4 Å². The van der Waals surface area contributed by atoms with Crippen molar-refractivity contribution in [1.82, 2.24) is 9.55 Å². The Balaban J connectivity index is 1.59. The lowest BCUT2D eigenvalue weighted by atomic mass is 10.2. The highest BCUT2D eigenvalue weighted by Crippen LogP contribution is 2.28. The number of para-hydroxylation sites is 1. The van der Waals surface area contributed by atoms with Gasteiger partial charge in [0.25, 0.3) is 0 Å². The van der Waals surface area contributed by atoms with Gasteiger partial charge in [0.15, 0.2) is 10.6 Å². The van der Waals surface area contributed by atoms with Gasteiger partial charge in [0.2, 0.25) is 0 Å². The summed E-state index contributed by atoms with van der Waals surface area (Å²) in [5, 5.41) is 3.20. The van der Waals surface area contributed by atoms with Crippen LogP contribution in [0.4, 0.5) is 5.69 Å². The number of fused-ring (bicyclic) bond motifs is 1. The molecule has 6 heteroatoms. The third-order valence-corrected chi connectivity index (χ3v) is 5.94. The molecule has 0 saturated carbocycles. The Hall–Kier alpha value is -3.64. The topological polar surface area (TPSA) is 52.6 Å². The Morgan fingerprint density at radius 3 is 2.77 bits per heavy atom. The first-order chi connectivity index (χ1) is 15.3. The largest absolute Gasteiger partial charge is 0.497 e. The fourth-order valence-corrected chi connectivity index (χ4v) is 4.44. The van der Waals surface area contributed by atoms with Crippen molar-refractivity contribution in [3.63, 3.8) is 0 Å². The molecule has 3 aromatic heterocycles. The summed E-state index contributed by atoms with van der Waals surface area (Å²) in [6, 6.07) is 23.9. The molecule has 0 atom stereocenters. The number of methoxy groups -OCH3 is 1. The van der Waals surface area contributed by atoms with Crippen molar-refractivity contribution in [1.29, 1.82) is 0 Å². The maximum absolute atomic E-state index is 6.16. The number of benzene rings is 2. The van der Waals surface area contributed by atoms with Crippen LogP contribution in [-0.2, 0) is 13.0 Å². The lowest BCUT2D eigenvalue weighted by Crippen LogP contribution is -2.17. The molecule has 0 spiro atoms. The second-order valence-corrected chi connectivity index (χ2v) is 7.92. The van der Waals surface area contributed by atoms with Gasteiger partial charge in [-0.2, -0.15) is 0 Å². The SMILES string of the molecule is COc1cccc(N=c2scc(-c3cc4ccccc4o3)n2CCc2ccccn2)c1. The molecule has 5 nitrogen and oxygen atoms in total. The van der Waals surface area contributed by atoms with E-state index < -0.39 is 0 Å². The minimum Gasteiger partial charge on any atom is -0.497 e. The Bertz CT molecular complexity index is 1350. The third-order valence-electron chi connectivity index (χ3n) is 5.07. The second-order valence-electron chi connectivity index (χ2n) is 7.09. The zero-order chi connectivity index (χ0) is 21.0. The van der Waals surface area contributed by atoms with E-state index in [0.29, 0.717) is 0 Å².